The van der Waals surface area contributed by atoms with Gasteiger partial charge in [0.15, 0.2) is 5.82 Å². The molecular formula is C15H19ClN4. The van der Waals surface area contributed by atoms with Crippen LogP contribution in [0.2, 0.25) is 0 Å². The van der Waals surface area contributed by atoms with Crippen molar-refractivity contribution in [2.24, 2.45) is 0 Å². The first-order chi connectivity index (χ1) is 9.86. The number of alkyl halides is 1. The minimum absolute atomic E-state index is 0.505. The summed E-state index contributed by atoms with van der Waals surface area (Å²) >= 11 is 6.18. The highest BCUT2D eigenvalue weighted by Crippen LogP contribution is 2.28. The van der Waals surface area contributed by atoms with Crippen LogP contribution in [0.15, 0.2) is 24.4 Å². The fraction of sp³-hybridized carbons (Fsp3) is 0.533. The van der Waals surface area contributed by atoms with Gasteiger partial charge in [-0.1, -0.05) is 6.07 Å². The maximum atomic E-state index is 6.18. The van der Waals surface area contributed by atoms with E-state index in [0.717, 1.165) is 36.8 Å². The Balaban J connectivity index is 1.71. The predicted molar refractivity (Wildman–Crippen MR) is 81.6 cm³/mol. The number of hydrogen-bond donors (Lipinski definition) is 0. The minimum Gasteiger partial charge on any atom is -0.352 e. The zero-order valence-electron chi connectivity index (χ0n) is 11.5. The summed E-state index contributed by atoms with van der Waals surface area (Å²) < 4.78 is 2.11. The van der Waals surface area contributed by atoms with Crippen LogP contribution in [0.25, 0.3) is 5.65 Å². The van der Waals surface area contributed by atoms with Crippen molar-refractivity contribution in [3.63, 3.8) is 0 Å². The van der Waals surface area contributed by atoms with Crippen molar-refractivity contribution in [2.45, 2.75) is 24.8 Å². The summed E-state index contributed by atoms with van der Waals surface area (Å²) in [6.45, 7) is 4.57. The number of halogens is 1. The van der Waals surface area contributed by atoms with Gasteiger partial charge in [0.1, 0.15) is 5.65 Å². The first kappa shape index (κ1) is 12.5. The van der Waals surface area contributed by atoms with Crippen molar-refractivity contribution in [1.82, 2.24) is 14.3 Å². The Labute approximate surface area is 124 Å². The third kappa shape index (κ3) is 1.90. The second-order valence-corrected chi connectivity index (χ2v) is 5.99. The lowest BCUT2D eigenvalue weighted by molar-refractivity contribution is 0.230. The second-order valence-electron chi connectivity index (χ2n) is 5.72. The Morgan fingerprint density at radius 3 is 3.10 bits per heavy atom. The van der Waals surface area contributed by atoms with Gasteiger partial charge in [0.2, 0.25) is 0 Å². The fourth-order valence-electron chi connectivity index (χ4n) is 3.60. The summed E-state index contributed by atoms with van der Waals surface area (Å²) in [6.07, 6.45) is 4.71. The van der Waals surface area contributed by atoms with Crippen LogP contribution in [0.4, 0.5) is 5.82 Å². The number of imidazole rings is 1. The Morgan fingerprint density at radius 2 is 2.20 bits per heavy atom. The summed E-state index contributed by atoms with van der Waals surface area (Å²) in [5.41, 5.74) is 2.11. The van der Waals surface area contributed by atoms with E-state index in [1.165, 1.54) is 19.4 Å². The molecule has 0 aromatic carbocycles. The van der Waals surface area contributed by atoms with E-state index in [2.05, 4.69) is 20.4 Å². The first-order valence-electron chi connectivity index (χ1n) is 7.38. The lowest BCUT2D eigenvalue weighted by Crippen LogP contribution is -2.50. The van der Waals surface area contributed by atoms with Crippen LogP contribution >= 0.6 is 11.6 Å². The Bertz CT molecular complexity index is 623. The molecule has 0 N–H and O–H groups in total. The highest BCUT2D eigenvalue weighted by Gasteiger charge is 2.32. The van der Waals surface area contributed by atoms with Gasteiger partial charge in [-0.2, -0.15) is 0 Å². The number of fused-ring (bicyclic) bond motifs is 2. The van der Waals surface area contributed by atoms with Gasteiger partial charge in [-0.05, 0) is 31.5 Å². The summed E-state index contributed by atoms with van der Waals surface area (Å²) in [5, 5.41) is 0. The number of hydrogen-bond acceptors (Lipinski definition) is 3. The molecule has 0 amide bonds. The largest absolute Gasteiger partial charge is 0.352 e. The molecule has 106 valence electrons. The van der Waals surface area contributed by atoms with Gasteiger partial charge < -0.3 is 9.30 Å². The van der Waals surface area contributed by atoms with Crippen molar-refractivity contribution in [3.05, 3.63) is 30.1 Å². The maximum Gasteiger partial charge on any atom is 0.152 e. The quantitative estimate of drug-likeness (QED) is 0.794. The molecule has 2 aromatic heterocycles. The van der Waals surface area contributed by atoms with Crippen LogP contribution in [0.1, 0.15) is 18.5 Å². The van der Waals surface area contributed by atoms with Gasteiger partial charge in [-0.25, -0.2) is 4.98 Å². The average Bonchev–Trinajstić information content (AvgIpc) is 3.10. The second kappa shape index (κ2) is 4.93. The molecule has 2 aromatic rings. The molecule has 2 aliphatic heterocycles. The molecule has 20 heavy (non-hydrogen) atoms. The molecule has 2 fully saturated rings. The number of nitrogens with zero attached hydrogens (tertiary/aromatic N) is 4. The molecular weight excluding hydrogens is 272 g/mol. The van der Waals surface area contributed by atoms with Gasteiger partial charge >= 0.3 is 0 Å². The molecule has 0 spiro atoms. The number of rotatable bonds is 2. The Morgan fingerprint density at radius 1 is 1.25 bits per heavy atom. The van der Waals surface area contributed by atoms with Gasteiger partial charge in [0.25, 0.3) is 0 Å². The van der Waals surface area contributed by atoms with E-state index in [4.69, 9.17) is 16.6 Å². The summed E-state index contributed by atoms with van der Waals surface area (Å²) in [6, 6.07) is 6.81. The molecule has 4 nitrogen and oxygen atoms in total. The SMILES string of the molecule is ClCc1c(N2CCN3CCCC3C2)nc2ccccn12. The molecule has 0 aliphatic carbocycles. The number of aromatic nitrogens is 2. The summed E-state index contributed by atoms with van der Waals surface area (Å²) in [4.78, 5) is 9.85. The van der Waals surface area contributed by atoms with E-state index in [-0.39, 0.29) is 0 Å². The zero-order valence-corrected chi connectivity index (χ0v) is 12.3. The molecule has 4 rings (SSSR count). The lowest BCUT2D eigenvalue weighted by Gasteiger charge is -2.38. The van der Waals surface area contributed by atoms with Crippen molar-refractivity contribution < 1.29 is 0 Å². The van der Waals surface area contributed by atoms with Crippen LogP contribution in [0.3, 0.4) is 0 Å². The van der Waals surface area contributed by atoms with Crippen LogP contribution in [-0.4, -0.2) is 46.5 Å². The van der Waals surface area contributed by atoms with Gasteiger partial charge in [-0.15, -0.1) is 11.6 Å². The predicted octanol–water partition coefficient (Wildman–Crippen LogP) is 2.36. The molecule has 2 aliphatic rings. The van der Waals surface area contributed by atoms with Gasteiger partial charge in [0, 0.05) is 31.9 Å². The highest BCUT2D eigenvalue weighted by atomic mass is 35.5. The molecule has 1 unspecified atom stereocenters. The zero-order chi connectivity index (χ0) is 13.5. The van der Waals surface area contributed by atoms with E-state index in [1.807, 2.05) is 18.2 Å². The van der Waals surface area contributed by atoms with Crippen LogP contribution in [0, 0.1) is 0 Å². The first-order valence-corrected chi connectivity index (χ1v) is 7.91. The van der Waals surface area contributed by atoms with E-state index in [0.29, 0.717) is 11.9 Å². The molecule has 5 heteroatoms. The molecule has 0 bridgehead atoms. The Kier molecular flexibility index (Phi) is 3.08. The highest BCUT2D eigenvalue weighted by molar-refractivity contribution is 6.17. The Hall–Kier alpha value is -1.26. The fourth-order valence-corrected chi connectivity index (χ4v) is 3.84. The third-order valence-electron chi connectivity index (χ3n) is 4.62. The van der Waals surface area contributed by atoms with E-state index < -0.39 is 0 Å². The van der Waals surface area contributed by atoms with Gasteiger partial charge in [0.05, 0.1) is 11.6 Å². The van der Waals surface area contributed by atoms with Crippen LogP contribution < -0.4 is 4.90 Å². The molecule has 2 saturated heterocycles. The van der Waals surface area contributed by atoms with Gasteiger partial charge in [-0.3, -0.25) is 4.90 Å². The van der Waals surface area contributed by atoms with Crippen molar-refractivity contribution >= 4 is 23.1 Å². The number of anilines is 1. The van der Waals surface area contributed by atoms with E-state index in [1.54, 1.807) is 0 Å². The lowest BCUT2D eigenvalue weighted by atomic mass is 10.1. The van der Waals surface area contributed by atoms with E-state index >= 15 is 0 Å². The smallest absolute Gasteiger partial charge is 0.152 e. The normalized spacial score (nSPS) is 23.4. The molecule has 0 saturated carbocycles. The third-order valence-corrected chi connectivity index (χ3v) is 4.87. The van der Waals surface area contributed by atoms with Crippen molar-refractivity contribution in [1.29, 1.82) is 0 Å². The average molecular weight is 291 g/mol. The van der Waals surface area contributed by atoms with Crippen molar-refractivity contribution in [2.75, 3.05) is 31.1 Å². The molecule has 0 radical (unpaired) electrons. The standard InChI is InChI=1S/C15H19ClN4/c16-10-13-15(17-14-5-1-2-7-20(13)14)19-9-8-18-6-3-4-12(18)11-19/h1-2,5,7,12H,3-4,6,8-11H2. The van der Waals surface area contributed by atoms with Crippen LogP contribution in [-0.2, 0) is 5.88 Å². The van der Waals surface area contributed by atoms with Crippen LogP contribution in [0.5, 0.6) is 0 Å². The maximum absolute atomic E-state index is 6.18. The summed E-state index contributed by atoms with van der Waals surface area (Å²) in [5.74, 6) is 1.59. The monoisotopic (exact) mass is 290 g/mol. The van der Waals surface area contributed by atoms with E-state index in [9.17, 15) is 0 Å². The number of piperazine rings is 1. The number of pyridine rings is 1. The summed E-state index contributed by atoms with van der Waals surface area (Å²) in [7, 11) is 0. The topological polar surface area (TPSA) is 23.8 Å². The minimum atomic E-state index is 0.505. The molecule has 4 heterocycles. The molecule has 1 atom stereocenters. The van der Waals surface area contributed by atoms with Crippen molar-refractivity contribution in [3.8, 4) is 0 Å².